The molecule has 2 aliphatic rings. The summed E-state index contributed by atoms with van der Waals surface area (Å²) in [6.45, 7) is 3.78. The minimum Gasteiger partial charge on any atom is -0.462 e. The van der Waals surface area contributed by atoms with Crippen LogP contribution in [0.4, 0.5) is 0 Å². The number of allylic oxidation sites excluding steroid dienone is 3. The Morgan fingerprint density at radius 1 is 0.667 bits per heavy atom. The van der Waals surface area contributed by atoms with Crippen molar-refractivity contribution in [3.8, 4) is 0 Å². The lowest BCUT2D eigenvalue weighted by atomic mass is 9.98. The van der Waals surface area contributed by atoms with E-state index in [0.29, 0.717) is 12.8 Å². The second-order valence-electron chi connectivity index (χ2n) is 13.1. The first-order chi connectivity index (χ1) is 24.5. The number of ether oxygens (including phenoxy) is 6. The zero-order valence-corrected chi connectivity index (χ0v) is 29.9. The molecule has 2 fully saturated rings. The van der Waals surface area contributed by atoms with Gasteiger partial charge in [-0.25, -0.2) is 0 Å². The van der Waals surface area contributed by atoms with E-state index in [1.54, 1.807) is 0 Å². The van der Waals surface area contributed by atoms with Crippen LogP contribution < -0.4 is 0 Å². The lowest BCUT2D eigenvalue weighted by molar-refractivity contribution is -0.332. The highest BCUT2D eigenvalue weighted by Gasteiger charge is 2.47. The van der Waals surface area contributed by atoms with Crippen LogP contribution in [-0.4, -0.2) is 142 Å². The number of hydrogen-bond donors (Lipinski definition) is 7. The van der Waals surface area contributed by atoms with E-state index in [4.69, 9.17) is 28.4 Å². The van der Waals surface area contributed by atoms with Crippen LogP contribution >= 0.6 is 0 Å². The van der Waals surface area contributed by atoms with Crippen LogP contribution in [0.15, 0.2) is 24.8 Å². The molecule has 0 aromatic heterocycles. The van der Waals surface area contributed by atoms with Gasteiger partial charge in [0.05, 0.1) is 19.8 Å². The summed E-state index contributed by atoms with van der Waals surface area (Å²) in [5.41, 5.74) is 0. The molecule has 0 unspecified atom stereocenters. The maximum absolute atomic E-state index is 12.7. The van der Waals surface area contributed by atoms with Crippen molar-refractivity contribution >= 4 is 11.9 Å². The average Bonchev–Trinajstić information content (AvgIpc) is 3.12. The SMILES string of the molecule is C=CCCCCCCCC(=O)OC[C@H](CO[C@@H]1O[C@H](CO[C@H]2O[C@H](CO)[C@H](O)[C@H](O)[C@H]2O)[C@H](O)[C@H](O)[C@H]1O)OC(=O)CCCCCCC/C=C\C. The molecular formula is C36H62O15. The van der Waals surface area contributed by atoms with Gasteiger partial charge in [0, 0.05) is 12.8 Å². The Morgan fingerprint density at radius 3 is 1.80 bits per heavy atom. The summed E-state index contributed by atoms with van der Waals surface area (Å²) in [5.74, 6) is -0.975. The Kier molecular flexibility index (Phi) is 22.9. The third-order valence-electron chi connectivity index (χ3n) is 8.89. The third kappa shape index (κ3) is 16.7. The molecule has 2 heterocycles. The molecule has 0 aromatic rings. The molecule has 15 heteroatoms. The number of esters is 2. The first-order valence-corrected chi connectivity index (χ1v) is 18.3. The number of carbonyl (C=O) groups is 2. The number of aliphatic hydroxyl groups is 7. The highest BCUT2D eigenvalue weighted by atomic mass is 16.7. The fourth-order valence-corrected chi connectivity index (χ4v) is 5.72. The van der Waals surface area contributed by atoms with Gasteiger partial charge in [-0.2, -0.15) is 0 Å². The maximum Gasteiger partial charge on any atom is 0.306 e. The van der Waals surface area contributed by atoms with Gasteiger partial charge in [-0.15, -0.1) is 6.58 Å². The smallest absolute Gasteiger partial charge is 0.306 e. The summed E-state index contributed by atoms with van der Waals surface area (Å²) in [6.07, 6.45) is 0.643. The molecular weight excluding hydrogens is 672 g/mol. The average molecular weight is 735 g/mol. The Bertz CT molecular complexity index is 994. The van der Waals surface area contributed by atoms with Crippen molar-refractivity contribution in [3.05, 3.63) is 24.8 Å². The Labute approximate surface area is 301 Å². The molecule has 2 saturated heterocycles. The number of hydrogen-bond acceptors (Lipinski definition) is 15. The quantitative estimate of drug-likeness (QED) is 0.0377. The van der Waals surface area contributed by atoms with Crippen molar-refractivity contribution in [2.24, 2.45) is 0 Å². The molecule has 2 rings (SSSR count). The van der Waals surface area contributed by atoms with Crippen LogP contribution in [0.3, 0.4) is 0 Å². The predicted molar refractivity (Wildman–Crippen MR) is 183 cm³/mol. The van der Waals surface area contributed by atoms with Crippen LogP contribution in [0.2, 0.25) is 0 Å². The van der Waals surface area contributed by atoms with E-state index < -0.39 is 99.3 Å². The van der Waals surface area contributed by atoms with Crippen LogP contribution in [0.25, 0.3) is 0 Å². The van der Waals surface area contributed by atoms with Gasteiger partial charge in [0.2, 0.25) is 0 Å². The summed E-state index contributed by atoms with van der Waals surface area (Å²) in [4.78, 5) is 25.2. The van der Waals surface area contributed by atoms with Crippen molar-refractivity contribution in [3.63, 3.8) is 0 Å². The summed E-state index contributed by atoms with van der Waals surface area (Å²) >= 11 is 0. The summed E-state index contributed by atoms with van der Waals surface area (Å²) in [6, 6.07) is 0. The third-order valence-corrected chi connectivity index (χ3v) is 8.89. The molecule has 0 amide bonds. The van der Waals surface area contributed by atoms with Crippen LogP contribution in [0.5, 0.6) is 0 Å². The first kappa shape index (κ1) is 45.1. The lowest BCUT2D eigenvalue weighted by Gasteiger charge is -2.42. The topological polar surface area (TPSA) is 231 Å². The van der Waals surface area contributed by atoms with E-state index in [9.17, 15) is 45.3 Å². The van der Waals surface area contributed by atoms with Crippen molar-refractivity contribution in [2.75, 3.05) is 26.4 Å². The summed E-state index contributed by atoms with van der Waals surface area (Å²) in [7, 11) is 0. The standard InChI is InChI=1S/C36H62O15/c1-3-5-7-9-11-13-15-17-19-28(39)49-24(21-46-27(38)18-16-14-12-10-8-6-4-2)22-47-35-34(45)32(43)30(41)26(51-35)23-48-36-33(44)31(42)29(40)25(20-37)50-36/h3-5,24-26,29-37,40-45H,2,6-23H2,1H3/b5-3-/t24-,25-,26-,29+,30+,31+,32+,33-,34-,35-,36+/m1/s1. The summed E-state index contributed by atoms with van der Waals surface area (Å²) < 4.78 is 33.1. The molecule has 15 nitrogen and oxygen atoms in total. The molecule has 0 radical (unpaired) electrons. The van der Waals surface area contributed by atoms with Gasteiger partial charge in [-0.1, -0.05) is 56.8 Å². The fraction of sp³-hybridized carbons (Fsp3) is 0.833. The Hall–Kier alpha value is -2.02. The van der Waals surface area contributed by atoms with Crippen molar-refractivity contribution < 1.29 is 73.8 Å². The van der Waals surface area contributed by atoms with Gasteiger partial charge in [0.1, 0.15) is 55.4 Å². The van der Waals surface area contributed by atoms with Crippen molar-refractivity contribution in [1.29, 1.82) is 0 Å². The van der Waals surface area contributed by atoms with E-state index in [1.807, 2.05) is 19.1 Å². The van der Waals surface area contributed by atoms with Crippen molar-refractivity contribution in [1.82, 2.24) is 0 Å². The van der Waals surface area contributed by atoms with Gasteiger partial charge >= 0.3 is 11.9 Å². The Morgan fingerprint density at radius 2 is 1.20 bits per heavy atom. The summed E-state index contributed by atoms with van der Waals surface area (Å²) in [5, 5.41) is 71.3. The zero-order chi connectivity index (χ0) is 37.6. The maximum atomic E-state index is 12.7. The number of carbonyl (C=O) groups excluding carboxylic acids is 2. The van der Waals surface area contributed by atoms with Gasteiger partial charge < -0.3 is 64.2 Å². The van der Waals surface area contributed by atoms with Gasteiger partial charge in [-0.05, 0) is 45.4 Å². The predicted octanol–water partition coefficient (Wildman–Crippen LogP) is 1.31. The second kappa shape index (κ2) is 25.9. The molecule has 51 heavy (non-hydrogen) atoms. The molecule has 11 atom stereocenters. The van der Waals surface area contributed by atoms with Crippen molar-refractivity contribution in [2.45, 2.75) is 164 Å². The number of aliphatic hydroxyl groups excluding tert-OH is 7. The normalized spacial score (nSPS) is 30.3. The molecule has 2 aliphatic heterocycles. The van der Waals surface area contributed by atoms with E-state index >= 15 is 0 Å². The zero-order valence-electron chi connectivity index (χ0n) is 29.9. The second-order valence-corrected chi connectivity index (χ2v) is 13.1. The molecule has 0 spiro atoms. The van der Waals surface area contributed by atoms with E-state index in [1.165, 1.54) is 0 Å². The van der Waals surface area contributed by atoms with Gasteiger partial charge in [0.15, 0.2) is 18.7 Å². The monoisotopic (exact) mass is 734 g/mol. The minimum atomic E-state index is -1.76. The molecule has 0 saturated carbocycles. The van der Waals surface area contributed by atoms with E-state index in [2.05, 4.69) is 12.7 Å². The lowest BCUT2D eigenvalue weighted by Crippen LogP contribution is -2.61. The van der Waals surface area contributed by atoms with Gasteiger partial charge in [-0.3, -0.25) is 9.59 Å². The molecule has 0 bridgehead atoms. The number of rotatable bonds is 26. The largest absolute Gasteiger partial charge is 0.462 e. The van der Waals surface area contributed by atoms with E-state index in [0.717, 1.165) is 64.2 Å². The van der Waals surface area contributed by atoms with Crippen LogP contribution in [0.1, 0.15) is 96.8 Å². The van der Waals surface area contributed by atoms with Crippen LogP contribution in [0, 0.1) is 0 Å². The minimum absolute atomic E-state index is 0.149. The molecule has 0 aromatic carbocycles. The van der Waals surface area contributed by atoms with E-state index in [-0.39, 0.29) is 19.4 Å². The molecule has 7 N–H and O–H groups in total. The highest BCUT2D eigenvalue weighted by molar-refractivity contribution is 5.70. The van der Waals surface area contributed by atoms with Gasteiger partial charge in [0.25, 0.3) is 0 Å². The number of unbranched alkanes of at least 4 members (excludes halogenated alkanes) is 10. The first-order valence-electron chi connectivity index (χ1n) is 18.3. The van der Waals surface area contributed by atoms with Crippen LogP contribution in [-0.2, 0) is 38.0 Å². The Balaban J connectivity index is 1.94. The fourth-order valence-electron chi connectivity index (χ4n) is 5.72. The molecule has 0 aliphatic carbocycles. The molecule has 296 valence electrons. The highest BCUT2D eigenvalue weighted by Crippen LogP contribution is 2.26.